The van der Waals surface area contributed by atoms with Gasteiger partial charge in [-0.05, 0) is 55.7 Å². The Balaban J connectivity index is 1.27. The number of carbonyl (C=O) groups excluding carboxylic acids is 2. The van der Waals surface area contributed by atoms with Crippen molar-refractivity contribution in [2.75, 3.05) is 43.5 Å². The van der Waals surface area contributed by atoms with Crippen molar-refractivity contribution in [2.24, 2.45) is 0 Å². The number of carbonyl (C=O) groups is 2. The number of morpholine rings is 1. The first-order valence-electron chi connectivity index (χ1n) is 14.9. The zero-order valence-electron chi connectivity index (χ0n) is 25.6. The average molecular weight is 625 g/mol. The molecule has 2 aliphatic heterocycles. The first kappa shape index (κ1) is 30.4. The molecular weight excluding hydrogens is 588 g/mol. The van der Waals surface area contributed by atoms with Gasteiger partial charge >= 0.3 is 0 Å². The van der Waals surface area contributed by atoms with E-state index in [9.17, 15) is 9.59 Å². The van der Waals surface area contributed by atoms with Crippen molar-refractivity contribution in [1.82, 2.24) is 19.7 Å². The molecule has 0 bridgehead atoms. The van der Waals surface area contributed by atoms with Crippen molar-refractivity contribution in [1.29, 1.82) is 0 Å². The second-order valence-electron chi connectivity index (χ2n) is 11.1. The molecule has 2 N–H and O–H groups in total. The maximum atomic E-state index is 14.0. The number of aromatic nitrogens is 3. The largest absolute Gasteiger partial charge is 0.484 e. The molecule has 3 heterocycles. The van der Waals surface area contributed by atoms with Crippen LogP contribution >= 0.6 is 11.8 Å². The Labute approximate surface area is 266 Å². The first-order valence-corrected chi connectivity index (χ1v) is 15.9. The second kappa shape index (κ2) is 13.6. The molecule has 10 nitrogen and oxygen atoms in total. The third-order valence-corrected chi connectivity index (χ3v) is 8.75. The molecule has 0 spiro atoms. The molecule has 1 atom stereocenters. The molecular formula is C34H36N6O4S. The van der Waals surface area contributed by atoms with Crippen LogP contribution in [-0.4, -0.2) is 64.4 Å². The summed E-state index contributed by atoms with van der Waals surface area (Å²) in [5.41, 5.74) is 6.09. The van der Waals surface area contributed by atoms with E-state index in [0.29, 0.717) is 54.4 Å². The van der Waals surface area contributed by atoms with Crippen LogP contribution in [0.5, 0.6) is 5.75 Å². The molecule has 3 aromatic carbocycles. The molecule has 1 fully saturated rings. The normalized spacial score (nSPS) is 16.2. The van der Waals surface area contributed by atoms with Gasteiger partial charge in [0.1, 0.15) is 11.8 Å². The van der Waals surface area contributed by atoms with Gasteiger partial charge in [-0.25, -0.2) is 4.68 Å². The van der Waals surface area contributed by atoms with Crippen molar-refractivity contribution in [3.05, 3.63) is 106 Å². The van der Waals surface area contributed by atoms with Gasteiger partial charge in [0.05, 0.1) is 18.8 Å². The van der Waals surface area contributed by atoms with E-state index in [1.54, 1.807) is 9.58 Å². The molecule has 11 heteroatoms. The van der Waals surface area contributed by atoms with E-state index in [-0.39, 0.29) is 18.4 Å². The van der Waals surface area contributed by atoms with Crippen molar-refractivity contribution < 1.29 is 19.1 Å². The van der Waals surface area contributed by atoms with E-state index in [1.165, 1.54) is 17.3 Å². The van der Waals surface area contributed by atoms with Crippen LogP contribution in [0, 0.1) is 13.8 Å². The molecule has 232 valence electrons. The molecule has 1 aromatic heterocycles. The zero-order chi connectivity index (χ0) is 31.3. The number of anilines is 2. The summed E-state index contributed by atoms with van der Waals surface area (Å²) in [6.45, 7) is 8.06. The lowest BCUT2D eigenvalue weighted by molar-refractivity contribution is -0.137. The van der Waals surface area contributed by atoms with Crippen LogP contribution in [-0.2, 0) is 20.1 Å². The Hall–Kier alpha value is -4.61. The monoisotopic (exact) mass is 624 g/mol. The summed E-state index contributed by atoms with van der Waals surface area (Å²) in [6, 6.07) is 23.0. The molecule has 2 amide bonds. The zero-order valence-corrected chi connectivity index (χ0v) is 26.4. The lowest BCUT2D eigenvalue weighted by atomic mass is 9.94. The number of nitrogens with zero attached hydrogens (tertiary/aromatic N) is 4. The Morgan fingerprint density at radius 1 is 1.02 bits per heavy atom. The standard InChI is InChI=1S/C34H36N6O4S/c1-22-9-14-28(23(2)19-22)36-32(42)30-24(3)35-33-37-34(45-21-25-7-5-4-6-8-25)38-40(33)31(30)26-10-12-27(13-11-26)44-20-29(41)39-15-17-43-18-16-39/h4-14,19,31H,15-18,20-21H2,1-3H3,(H,36,42)(H,35,37,38). The minimum Gasteiger partial charge on any atom is -0.484 e. The van der Waals surface area contributed by atoms with Crippen molar-refractivity contribution in [2.45, 2.75) is 37.7 Å². The van der Waals surface area contributed by atoms with Gasteiger partial charge in [-0.2, -0.15) is 4.98 Å². The van der Waals surface area contributed by atoms with Crippen molar-refractivity contribution in [3.8, 4) is 5.75 Å². The molecule has 2 aliphatic rings. The van der Waals surface area contributed by atoms with Crippen LogP contribution in [0.4, 0.5) is 11.6 Å². The third-order valence-electron chi connectivity index (χ3n) is 7.84. The van der Waals surface area contributed by atoms with Gasteiger partial charge in [-0.3, -0.25) is 9.59 Å². The average Bonchev–Trinajstić information content (AvgIpc) is 3.46. The van der Waals surface area contributed by atoms with E-state index in [0.717, 1.165) is 28.1 Å². The molecule has 1 saturated heterocycles. The number of thioether (sulfide) groups is 1. The van der Waals surface area contributed by atoms with Crippen LogP contribution in [0.25, 0.3) is 0 Å². The van der Waals surface area contributed by atoms with Crippen molar-refractivity contribution in [3.63, 3.8) is 0 Å². The molecule has 6 rings (SSSR count). The maximum Gasteiger partial charge on any atom is 0.260 e. The number of allylic oxidation sites excluding steroid dienone is 1. The van der Waals surface area contributed by atoms with Gasteiger partial charge in [0.15, 0.2) is 6.61 Å². The molecule has 0 aliphatic carbocycles. The van der Waals surface area contributed by atoms with Crippen LogP contribution in [0.2, 0.25) is 0 Å². The smallest absolute Gasteiger partial charge is 0.260 e. The van der Waals surface area contributed by atoms with Gasteiger partial charge in [-0.15, -0.1) is 5.10 Å². The highest BCUT2D eigenvalue weighted by Crippen LogP contribution is 2.38. The number of ether oxygens (including phenoxy) is 2. The number of hydrogen-bond acceptors (Lipinski definition) is 8. The number of fused-ring (bicyclic) bond motifs is 1. The minimum absolute atomic E-state index is 0.0511. The van der Waals surface area contributed by atoms with Crippen LogP contribution in [0.15, 0.2) is 89.2 Å². The predicted molar refractivity (Wildman–Crippen MR) is 174 cm³/mol. The Bertz CT molecular complexity index is 1710. The SMILES string of the molecule is CC1=C(C(=O)Nc2ccc(C)cc2C)C(c2ccc(OCC(=O)N3CCOCC3)cc2)n2nc(SCc3ccccc3)nc2N1. The summed E-state index contributed by atoms with van der Waals surface area (Å²) in [6.07, 6.45) is 0. The minimum atomic E-state index is -0.547. The van der Waals surface area contributed by atoms with Crippen LogP contribution < -0.4 is 15.4 Å². The number of nitrogens with one attached hydrogen (secondary N) is 2. The van der Waals surface area contributed by atoms with Crippen LogP contribution in [0.1, 0.15) is 35.2 Å². The number of hydrogen-bond donors (Lipinski definition) is 2. The van der Waals surface area contributed by atoms with E-state index in [2.05, 4.69) is 22.8 Å². The van der Waals surface area contributed by atoms with Crippen LogP contribution in [0.3, 0.4) is 0 Å². The van der Waals surface area contributed by atoms with E-state index < -0.39 is 6.04 Å². The number of rotatable bonds is 9. The van der Waals surface area contributed by atoms with Gasteiger partial charge in [0, 0.05) is 30.2 Å². The highest BCUT2D eigenvalue weighted by atomic mass is 32.2. The van der Waals surface area contributed by atoms with Gasteiger partial charge in [0.2, 0.25) is 11.1 Å². The van der Waals surface area contributed by atoms with E-state index >= 15 is 0 Å². The molecule has 0 radical (unpaired) electrons. The summed E-state index contributed by atoms with van der Waals surface area (Å²) in [7, 11) is 0. The number of amides is 2. The lowest BCUT2D eigenvalue weighted by Gasteiger charge is -2.29. The third kappa shape index (κ3) is 7.05. The maximum absolute atomic E-state index is 14.0. The summed E-state index contributed by atoms with van der Waals surface area (Å²) in [5.74, 6) is 1.55. The Morgan fingerprint density at radius 3 is 2.51 bits per heavy atom. The summed E-state index contributed by atoms with van der Waals surface area (Å²) >= 11 is 1.54. The topological polar surface area (TPSA) is 111 Å². The van der Waals surface area contributed by atoms with E-state index in [1.807, 2.05) is 81.4 Å². The van der Waals surface area contributed by atoms with Gasteiger partial charge < -0.3 is 25.0 Å². The predicted octanol–water partition coefficient (Wildman–Crippen LogP) is 5.35. The van der Waals surface area contributed by atoms with E-state index in [4.69, 9.17) is 19.6 Å². The molecule has 45 heavy (non-hydrogen) atoms. The fourth-order valence-corrected chi connectivity index (χ4v) is 6.24. The molecule has 1 unspecified atom stereocenters. The first-order chi connectivity index (χ1) is 21.9. The van der Waals surface area contributed by atoms with Gasteiger partial charge in [-0.1, -0.05) is 71.9 Å². The summed E-state index contributed by atoms with van der Waals surface area (Å²) in [4.78, 5) is 33.1. The summed E-state index contributed by atoms with van der Waals surface area (Å²) < 4.78 is 12.9. The highest BCUT2D eigenvalue weighted by molar-refractivity contribution is 7.98. The molecule has 0 saturated carbocycles. The Kier molecular flexibility index (Phi) is 9.18. The lowest BCUT2D eigenvalue weighted by Crippen LogP contribution is -2.42. The Morgan fingerprint density at radius 2 is 1.78 bits per heavy atom. The fraction of sp³-hybridized carbons (Fsp3) is 0.294. The van der Waals surface area contributed by atoms with Crippen molar-refractivity contribution >= 4 is 35.2 Å². The highest BCUT2D eigenvalue weighted by Gasteiger charge is 2.34. The quantitative estimate of drug-likeness (QED) is 0.240. The van der Waals surface area contributed by atoms with Gasteiger partial charge in [0.25, 0.3) is 11.8 Å². The summed E-state index contributed by atoms with van der Waals surface area (Å²) in [5, 5.41) is 11.9. The molecule has 4 aromatic rings. The number of aryl methyl sites for hydroxylation is 2. The number of benzene rings is 3. The second-order valence-corrected chi connectivity index (χ2v) is 12.1. The fourth-order valence-electron chi connectivity index (χ4n) is 5.46.